The normalized spacial score (nSPS) is 20.9. The van der Waals surface area contributed by atoms with E-state index in [4.69, 9.17) is 4.74 Å². The van der Waals surface area contributed by atoms with Crippen molar-refractivity contribution in [3.63, 3.8) is 0 Å². The van der Waals surface area contributed by atoms with Crippen molar-refractivity contribution < 1.29 is 9.13 Å². The van der Waals surface area contributed by atoms with Gasteiger partial charge in [0.15, 0.2) is 11.6 Å². The fraction of sp³-hybridized carbons (Fsp3) is 0.400. The van der Waals surface area contributed by atoms with Crippen LogP contribution in [0.1, 0.15) is 17.2 Å². The molecule has 1 heterocycles. The van der Waals surface area contributed by atoms with E-state index in [1.807, 2.05) is 17.8 Å². The van der Waals surface area contributed by atoms with E-state index >= 15 is 0 Å². The molecule has 2 rings (SSSR count). The van der Waals surface area contributed by atoms with Crippen LogP contribution in [0.25, 0.3) is 0 Å². The molecule has 0 radical (unpaired) electrons. The van der Waals surface area contributed by atoms with Crippen molar-refractivity contribution in [3.8, 4) is 5.75 Å². The van der Waals surface area contributed by atoms with Crippen LogP contribution >= 0.6 is 11.8 Å². The predicted molar refractivity (Wildman–Crippen MR) is 52.8 cm³/mol. The molecular weight excluding hydrogens is 187 g/mol. The van der Waals surface area contributed by atoms with Crippen LogP contribution in [-0.4, -0.2) is 12.9 Å². The highest BCUT2D eigenvalue weighted by atomic mass is 32.2. The second kappa shape index (κ2) is 3.58. The number of halogens is 1. The lowest BCUT2D eigenvalue weighted by atomic mass is 10.1. The van der Waals surface area contributed by atoms with Crippen molar-refractivity contribution >= 4 is 11.8 Å². The molecule has 1 unspecified atom stereocenters. The summed E-state index contributed by atoms with van der Waals surface area (Å²) in [5.74, 6) is 1.26. The fourth-order valence-corrected chi connectivity index (χ4v) is 2.19. The Bertz CT molecular complexity index is 310. The molecule has 0 bridgehead atoms. The Hall–Kier alpha value is -0.700. The van der Waals surface area contributed by atoms with E-state index in [0.717, 1.165) is 12.0 Å². The smallest absolute Gasteiger partial charge is 0.165 e. The van der Waals surface area contributed by atoms with Gasteiger partial charge in [0.2, 0.25) is 0 Å². The molecule has 0 aromatic heterocycles. The number of hydrogen-bond acceptors (Lipinski definition) is 2. The zero-order valence-corrected chi connectivity index (χ0v) is 8.23. The predicted octanol–water partition coefficient (Wildman–Crippen LogP) is 3.01. The Kier molecular flexibility index (Phi) is 2.44. The molecule has 1 aliphatic rings. The molecule has 1 saturated heterocycles. The summed E-state index contributed by atoms with van der Waals surface area (Å²) in [4.78, 5) is 0. The summed E-state index contributed by atoms with van der Waals surface area (Å²) >= 11 is 1.87. The lowest BCUT2D eigenvalue weighted by Gasteiger charge is -2.25. The van der Waals surface area contributed by atoms with E-state index in [1.54, 1.807) is 12.1 Å². The van der Waals surface area contributed by atoms with Gasteiger partial charge in [0.05, 0.1) is 7.11 Å². The molecular formula is C10H11FOS. The van der Waals surface area contributed by atoms with Crippen molar-refractivity contribution in [2.75, 3.05) is 12.9 Å². The summed E-state index contributed by atoms with van der Waals surface area (Å²) in [6.07, 6.45) is 1.16. The fourth-order valence-electron chi connectivity index (χ4n) is 1.38. The second-order valence-electron chi connectivity index (χ2n) is 3.04. The highest BCUT2D eigenvalue weighted by Gasteiger charge is 2.21. The molecule has 0 amide bonds. The van der Waals surface area contributed by atoms with Gasteiger partial charge in [-0.25, -0.2) is 4.39 Å². The van der Waals surface area contributed by atoms with Gasteiger partial charge < -0.3 is 4.74 Å². The Morgan fingerprint density at radius 2 is 2.31 bits per heavy atom. The Labute approximate surface area is 81.3 Å². The van der Waals surface area contributed by atoms with Crippen LogP contribution < -0.4 is 4.74 Å². The van der Waals surface area contributed by atoms with E-state index in [1.165, 1.54) is 12.9 Å². The van der Waals surface area contributed by atoms with Gasteiger partial charge in [-0.05, 0) is 29.9 Å². The molecule has 70 valence electrons. The van der Waals surface area contributed by atoms with Gasteiger partial charge in [-0.15, -0.1) is 0 Å². The molecule has 1 atom stereocenters. The van der Waals surface area contributed by atoms with Crippen molar-refractivity contribution in [2.24, 2.45) is 0 Å². The molecule has 0 N–H and O–H groups in total. The molecule has 13 heavy (non-hydrogen) atoms. The Balaban J connectivity index is 2.24. The number of ether oxygens (including phenoxy) is 1. The number of rotatable bonds is 2. The summed E-state index contributed by atoms with van der Waals surface area (Å²) in [6.45, 7) is 0. The van der Waals surface area contributed by atoms with E-state index in [0.29, 0.717) is 11.0 Å². The molecule has 0 spiro atoms. The SMILES string of the molecule is COc1ccc(C2CCS2)cc1F. The summed E-state index contributed by atoms with van der Waals surface area (Å²) in [5, 5.41) is 0.500. The summed E-state index contributed by atoms with van der Waals surface area (Å²) in [5.41, 5.74) is 1.08. The second-order valence-corrected chi connectivity index (χ2v) is 4.35. The van der Waals surface area contributed by atoms with Gasteiger partial charge in [-0.1, -0.05) is 6.07 Å². The average molecular weight is 198 g/mol. The van der Waals surface area contributed by atoms with Gasteiger partial charge in [0.1, 0.15) is 0 Å². The van der Waals surface area contributed by atoms with E-state index < -0.39 is 0 Å². The summed E-state index contributed by atoms with van der Waals surface area (Å²) < 4.78 is 18.1. The van der Waals surface area contributed by atoms with Crippen LogP contribution in [0.2, 0.25) is 0 Å². The first-order valence-corrected chi connectivity index (χ1v) is 5.31. The zero-order chi connectivity index (χ0) is 9.26. The first kappa shape index (κ1) is 8.88. The van der Waals surface area contributed by atoms with Gasteiger partial charge >= 0.3 is 0 Å². The third-order valence-corrected chi connectivity index (χ3v) is 3.63. The van der Waals surface area contributed by atoms with Gasteiger partial charge in [0, 0.05) is 5.25 Å². The molecule has 0 aliphatic carbocycles. The number of methoxy groups -OCH3 is 1. The maximum atomic E-state index is 13.2. The third-order valence-electron chi connectivity index (χ3n) is 2.25. The third kappa shape index (κ3) is 1.66. The van der Waals surface area contributed by atoms with Crippen molar-refractivity contribution in [2.45, 2.75) is 11.7 Å². The Morgan fingerprint density at radius 3 is 2.77 bits per heavy atom. The molecule has 1 aliphatic heterocycles. The molecule has 1 aromatic carbocycles. The van der Waals surface area contributed by atoms with E-state index in [9.17, 15) is 4.39 Å². The van der Waals surface area contributed by atoms with Crippen molar-refractivity contribution in [1.82, 2.24) is 0 Å². The van der Waals surface area contributed by atoms with Crippen LogP contribution in [0.5, 0.6) is 5.75 Å². The minimum absolute atomic E-state index is 0.257. The molecule has 3 heteroatoms. The molecule has 1 fully saturated rings. The lowest BCUT2D eigenvalue weighted by molar-refractivity contribution is 0.386. The monoisotopic (exact) mass is 198 g/mol. The quantitative estimate of drug-likeness (QED) is 0.722. The molecule has 0 saturated carbocycles. The maximum Gasteiger partial charge on any atom is 0.165 e. The van der Waals surface area contributed by atoms with Gasteiger partial charge in [-0.2, -0.15) is 11.8 Å². The largest absolute Gasteiger partial charge is 0.494 e. The summed E-state index contributed by atoms with van der Waals surface area (Å²) in [7, 11) is 1.48. The van der Waals surface area contributed by atoms with Crippen LogP contribution in [-0.2, 0) is 0 Å². The standard InChI is InChI=1S/C10H11FOS/c1-12-9-3-2-7(6-8(9)11)10-4-5-13-10/h2-3,6,10H,4-5H2,1H3. The minimum Gasteiger partial charge on any atom is -0.494 e. The zero-order valence-electron chi connectivity index (χ0n) is 7.42. The highest BCUT2D eigenvalue weighted by Crippen LogP contribution is 2.42. The lowest BCUT2D eigenvalue weighted by Crippen LogP contribution is -2.07. The minimum atomic E-state index is -0.257. The van der Waals surface area contributed by atoms with Crippen LogP contribution in [0.4, 0.5) is 4.39 Å². The van der Waals surface area contributed by atoms with Gasteiger partial charge in [-0.3, -0.25) is 0 Å². The van der Waals surface area contributed by atoms with Crippen molar-refractivity contribution in [3.05, 3.63) is 29.6 Å². The molecule has 1 aromatic rings. The van der Waals surface area contributed by atoms with E-state index in [-0.39, 0.29) is 5.82 Å². The average Bonchev–Trinajstić information content (AvgIpc) is 2.01. The highest BCUT2D eigenvalue weighted by molar-refractivity contribution is 8.00. The topological polar surface area (TPSA) is 9.23 Å². The first-order chi connectivity index (χ1) is 6.31. The first-order valence-electron chi connectivity index (χ1n) is 4.26. The van der Waals surface area contributed by atoms with Crippen molar-refractivity contribution in [1.29, 1.82) is 0 Å². The van der Waals surface area contributed by atoms with Crippen LogP contribution in [0, 0.1) is 5.82 Å². The van der Waals surface area contributed by atoms with Crippen LogP contribution in [0.3, 0.4) is 0 Å². The number of hydrogen-bond donors (Lipinski definition) is 0. The number of benzene rings is 1. The number of thioether (sulfide) groups is 1. The molecule has 1 nitrogen and oxygen atoms in total. The van der Waals surface area contributed by atoms with E-state index in [2.05, 4.69) is 0 Å². The van der Waals surface area contributed by atoms with Crippen LogP contribution in [0.15, 0.2) is 18.2 Å². The van der Waals surface area contributed by atoms with Gasteiger partial charge in [0.25, 0.3) is 0 Å². The maximum absolute atomic E-state index is 13.2. The summed E-state index contributed by atoms with van der Waals surface area (Å²) in [6, 6.07) is 5.22. The Morgan fingerprint density at radius 1 is 1.54 bits per heavy atom.